The molecule has 0 saturated carbocycles. The lowest BCUT2D eigenvalue weighted by Gasteiger charge is -2.13. The summed E-state index contributed by atoms with van der Waals surface area (Å²) >= 11 is 0. The predicted octanol–water partition coefficient (Wildman–Crippen LogP) is 3.54. The first kappa shape index (κ1) is 14.6. The van der Waals surface area contributed by atoms with Gasteiger partial charge in [0.25, 0.3) is 0 Å². The Morgan fingerprint density at radius 2 is 1.52 bits per heavy atom. The van der Waals surface area contributed by atoms with Crippen molar-refractivity contribution in [2.75, 3.05) is 14.2 Å². The molecule has 0 spiro atoms. The standard InChI is InChI=1S/C14H12FNO5/c1-19-11-7-4-8-12(20-2)14(11)21-10-6-3-5-9(15)13(10)16(17)18/h3-8H,1-2H3. The summed E-state index contributed by atoms with van der Waals surface area (Å²) in [5.74, 6) is -0.453. The highest BCUT2D eigenvalue weighted by Gasteiger charge is 2.24. The molecule has 6 nitrogen and oxygen atoms in total. The van der Waals surface area contributed by atoms with Crippen LogP contribution in [0.1, 0.15) is 0 Å². The molecule has 0 unspecified atom stereocenters. The van der Waals surface area contributed by atoms with Crippen molar-refractivity contribution in [1.29, 1.82) is 0 Å². The highest BCUT2D eigenvalue weighted by atomic mass is 19.1. The molecule has 0 aliphatic rings. The third-order valence-electron chi connectivity index (χ3n) is 2.73. The summed E-state index contributed by atoms with van der Waals surface area (Å²) < 4.78 is 29.3. The number of nitro benzene ring substituents is 1. The van der Waals surface area contributed by atoms with Crippen molar-refractivity contribution in [3.63, 3.8) is 0 Å². The van der Waals surface area contributed by atoms with Crippen LogP contribution in [0.4, 0.5) is 10.1 Å². The van der Waals surface area contributed by atoms with Gasteiger partial charge in [0.05, 0.1) is 19.1 Å². The van der Waals surface area contributed by atoms with Crippen LogP contribution in [-0.4, -0.2) is 19.1 Å². The molecule has 2 rings (SSSR count). The van der Waals surface area contributed by atoms with Crippen LogP contribution < -0.4 is 14.2 Å². The Hall–Kier alpha value is -2.83. The van der Waals surface area contributed by atoms with Gasteiger partial charge in [-0.1, -0.05) is 12.1 Å². The number of halogens is 1. The number of benzene rings is 2. The molecular formula is C14H12FNO5. The number of hydrogen-bond acceptors (Lipinski definition) is 5. The van der Waals surface area contributed by atoms with E-state index in [0.717, 1.165) is 6.07 Å². The summed E-state index contributed by atoms with van der Waals surface area (Å²) in [6.07, 6.45) is 0. The average Bonchev–Trinajstić information content (AvgIpc) is 2.47. The van der Waals surface area contributed by atoms with Crippen LogP contribution in [0.15, 0.2) is 36.4 Å². The van der Waals surface area contributed by atoms with E-state index in [-0.39, 0.29) is 11.5 Å². The minimum absolute atomic E-state index is 0.135. The molecule has 0 saturated heterocycles. The fourth-order valence-electron chi connectivity index (χ4n) is 1.78. The van der Waals surface area contributed by atoms with Gasteiger partial charge in [-0.05, 0) is 24.3 Å². The predicted molar refractivity (Wildman–Crippen MR) is 72.7 cm³/mol. The van der Waals surface area contributed by atoms with Crippen LogP contribution in [0, 0.1) is 15.9 Å². The second kappa shape index (κ2) is 6.08. The number of ether oxygens (including phenoxy) is 3. The molecule has 21 heavy (non-hydrogen) atoms. The van der Waals surface area contributed by atoms with Crippen molar-refractivity contribution in [2.24, 2.45) is 0 Å². The number of para-hydroxylation sites is 2. The van der Waals surface area contributed by atoms with Gasteiger partial charge < -0.3 is 14.2 Å². The Morgan fingerprint density at radius 1 is 1.00 bits per heavy atom. The zero-order valence-corrected chi connectivity index (χ0v) is 11.3. The largest absolute Gasteiger partial charge is 0.493 e. The summed E-state index contributed by atoms with van der Waals surface area (Å²) in [4.78, 5) is 10.1. The molecule has 0 radical (unpaired) electrons. The van der Waals surface area contributed by atoms with Crippen LogP contribution in [0.25, 0.3) is 0 Å². The van der Waals surface area contributed by atoms with Gasteiger partial charge in [0.1, 0.15) is 0 Å². The molecule has 0 N–H and O–H groups in total. The SMILES string of the molecule is COc1cccc(OC)c1Oc1cccc(F)c1[N+](=O)[O-]. The van der Waals surface area contributed by atoms with Crippen LogP contribution in [0.3, 0.4) is 0 Å². The lowest BCUT2D eigenvalue weighted by atomic mass is 10.2. The number of nitrogens with zero attached hydrogens (tertiary/aromatic N) is 1. The summed E-state index contributed by atoms with van der Waals surface area (Å²) in [7, 11) is 2.84. The third-order valence-corrected chi connectivity index (χ3v) is 2.73. The second-order valence-corrected chi connectivity index (χ2v) is 3.94. The highest BCUT2D eigenvalue weighted by molar-refractivity contribution is 5.56. The van der Waals surface area contributed by atoms with E-state index in [4.69, 9.17) is 14.2 Å². The van der Waals surface area contributed by atoms with Gasteiger partial charge in [0, 0.05) is 0 Å². The molecule has 2 aromatic carbocycles. The van der Waals surface area contributed by atoms with Crippen molar-refractivity contribution in [1.82, 2.24) is 0 Å². The Labute approximate surface area is 119 Å². The van der Waals surface area contributed by atoms with Crippen molar-refractivity contribution >= 4 is 5.69 Å². The van der Waals surface area contributed by atoms with Gasteiger partial charge in [0.2, 0.25) is 17.3 Å². The van der Waals surface area contributed by atoms with E-state index < -0.39 is 16.4 Å². The minimum Gasteiger partial charge on any atom is -0.493 e. The van der Waals surface area contributed by atoms with E-state index in [1.54, 1.807) is 18.2 Å². The Balaban J connectivity index is 2.53. The monoisotopic (exact) mass is 293 g/mol. The lowest BCUT2D eigenvalue weighted by Crippen LogP contribution is -1.99. The van der Waals surface area contributed by atoms with Gasteiger partial charge in [-0.25, -0.2) is 0 Å². The van der Waals surface area contributed by atoms with Crippen molar-refractivity contribution in [3.05, 3.63) is 52.3 Å². The fourth-order valence-corrected chi connectivity index (χ4v) is 1.78. The lowest BCUT2D eigenvalue weighted by molar-refractivity contribution is -0.388. The first-order valence-electron chi connectivity index (χ1n) is 5.90. The molecular weight excluding hydrogens is 281 g/mol. The number of hydrogen-bond donors (Lipinski definition) is 0. The molecule has 0 fully saturated rings. The maximum Gasteiger partial charge on any atom is 0.346 e. The fraction of sp³-hybridized carbons (Fsp3) is 0.143. The van der Waals surface area contributed by atoms with E-state index in [2.05, 4.69) is 0 Å². The highest BCUT2D eigenvalue weighted by Crippen LogP contribution is 2.42. The number of rotatable bonds is 5. The Kier molecular flexibility index (Phi) is 4.22. The Morgan fingerprint density at radius 3 is 2.05 bits per heavy atom. The van der Waals surface area contributed by atoms with E-state index in [9.17, 15) is 14.5 Å². The van der Waals surface area contributed by atoms with Gasteiger partial charge in [-0.3, -0.25) is 10.1 Å². The van der Waals surface area contributed by atoms with E-state index in [0.29, 0.717) is 11.5 Å². The van der Waals surface area contributed by atoms with E-state index in [1.165, 1.54) is 26.4 Å². The van der Waals surface area contributed by atoms with Crippen molar-refractivity contribution in [2.45, 2.75) is 0 Å². The Bertz CT molecular complexity index is 652. The van der Waals surface area contributed by atoms with Crippen molar-refractivity contribution < 1.29 is 23.5 Å². The molecule has 0 heterocycles. The zero-order valence-electron chi connectivity index (χ0n) is 11.3. The smallest absolute Gasteiger partial charge is 0.346 e. The van der Waals surface area contributed by atoms with Gasteiger partial charge in [-0.2, -0.15) is 4.39 Å². The summed E-state index contributed by atoms with van der Waals surface area (Å²) in [5.41, 5.74) is -0.745. The molecule has 2 aromatic rings. The van der Waals surface area contributed by atoms with Crippen LogP contribution >= 0.6 is 0 Å². The van der Waals surface area contributed by atoms with Crippen LogP contribution in [0.5, 0.6) is 23.0 Å². The first-order valence-corrected chi connectivity index (χ1v) is 5.90. The topological polar surface area (TPSA) is 70.8 Å². The molecule has 0 aliphatic heterocycles. The summed E-state index contributed by atoms with van der Waals surface area (Å²) in [6, 6.07) is 8.48. The maximum atomic E-state index is 13.6. The van der Waals surface area contributed by atoms with Gasteiger partial charge in [0.15, 0.2) is 11.5 Å². The summed E-state index contributed by atoms with van der Waals surface area (Å²) in [6.45, 7) is 0. The zero-order chi connectivity index (χ0) is 15.4. The summed E-state index contributed by atoms with van der Waals surface area (Å²) in [5, 5.41) is 11.0. The maximum absolute atomic E-state index is 13.6. The number of methoxy groups -OCH3 is 2. The van der Waals surface area contributed by atoms with Crippen LogP contribution in [0.2, 0.25) is 0 Å². The van der Waals surface area contributed by atoms with Gasteiger partial charge in [-0.15, -0.1) is 0 Å². The minimum atomic E-state index is -0.980. The molecule has 0 aliphatic carbocycles. The average molecular weight is 293 g/mol. The molecule has 110 valence electrons. The number of nitro groups is 1. The van der Waals surface area contributed by atoms with E-state index in [1.807, 2.05) is 0 Å². The first-order chi connectivity index (χ1) is 10.1. The molecule has 0 aromatic heterocycles. The second-order valence-electron chi connectivity index (χ2n) is 3.94. The van der Waals surface area contributed by atoms with E-state index >= 15 is 0 Å². The van der Waals surface area contributed by atoms with Gasteiger partial charge >= 0.3 is 5.69 Å². The van der Waals surface area contributed by atoms with Crippen molar-refractivity contribution in [3.8, 4) is 23.0 Å². The molecule has 7 heteroatoms. The molecule has 0 amide bonds. The van der Waals surface area contributed by atoms with Crippen LogP contribution in [-0.2, 0) is 0 Å². The molecule has 0 bridgehead atoms. The molecule has 0 atom stereocenters. The normalized spacial score (nSPS) is 10.0. The quantitative estimate of drug-likeness (QED) is 0.623. The third kappa shape index (κ3) is 2.86.